The van der Waals surface area contributed by atoms with Crippen LogP contribution in [0.5, 0.6) is 0 Å². The van der Waals surface area contributed by atoms with Gasteiger partial charge in [0.05, 0.1) is 11.4 Å². The van der Waals surface area contributed by atoms with Crippen LogP contribution in [0, 0.1) is 11.3 Å². The Morgan fingerprint density at radius 2 is 0.978 bits per heavy atom. The first kappa shape index (κ1) is 26.7. The second-order valence-electron chi connectivity index (χ2n) is 10.9. The second kappa shape index (κ2) is 11.3. The van der Waals surface area contributed by atoms with E-state index >= 15 is 0 Å². The minimum atomic E-state index is 0.468. The van der Waals surface area contributed by atoms with E-state index in [1.54, 1.807) is 0 Å². The van der Waals surface area contributed by atoms with E-state index in [-0.39, 0.29) is 0 Å². The van der Waals surface area contributed by atoms with E-state index in [0.717, 1.165) is 27.8 Å². The molecule has 0 saturated carbocycles. The zero-order valence-corrected chi connectivity index (χ0v) is 25.0. The highest BCUT2D eigenvalue weighted by molar-refractivity contribution is 7.26. The van der Waals surface area contributed by atoms with Crippen LogP contribution in [0.2, 0.25) is 0 Å². The number of aromatic nitrogens is 2. The fourth-order valence-corrected chi connectivity index (χ4v) is 7.22. The molecule has 6 aromatic carbocycles. The lowest BCUT2D eigenvalue weighted by atomic mass is 9.96. The Kier molecular flexibility index (Phi) is 6.72. The van der Waals surface area contributed by atoms with E-state index < -0.39 is 0 Å². The number of hydrogen-bond donors (Lipinski definition) is 0. The number of benzene rings is 6. The molecule has 0 saturated heterocycles. The summed E-state index contributed by atoms with van der Waals surface area (Å²) in [6.45, 7) is 0. The van der Waals surface area contributed by atoms with E-state index in [0.29, 0.717) is 22.8 Å². The SMILES string of the molecule is N#Cc1c(-c2ccccc2)nc(-c2cccc(-c3cccc(-c4cccc5c4sc4ccccc45)c3)c2)nc1-c1ccccc1. The molecule has 8 rings (SSSR count). The summed E-state index contributed by atoms with van der Waals surface area (Å²) in [6, 6.07) is 54.4. The Balaban J connectivity index is 1.25. The van der Waals surface area contributed by atoms with Crippen molar-refractivity contribution in [2.24, 2.45) is 0 Å². The Labute approximate surface area is 265 Å². The standard InChI is InChI=1S/C41H25N3S/c42-26-36-38(27-12-3-1-4-13-27)43-41(44-39(36)28-14-5-2-6-15-28)32-19-10-17-30(25-32)29-16-9-18-31(24-29)33-21-11-22-35-34-20-7-8-23-37(34)45-40(33)35/h1-25H. The first-order valence-corrected chi connectivity index (χ1v) is 15.6. The van der Waals surface area contributed by atoms with Gasteiger partial charge in [-0.05, 0) is 40.5 Å². The van der Waals surface area contributed by atoms with Gasteiger partial charge in [0, 0.05) is 36.9 Å². The molecule has 0 unspecified atom stereocenters. The highest BCUT2D eigenvalue weighted by atomic mass is 32.1. The van der Waals surface area contributed by atoms with Gasteiger partial charge in [0.1, 0.15) is 11.6 Å². The number of fused-ring (bicyclic) bond motifs is 3. The summed E-state index contributed by atoms with van der Waals surface area (Å²) in [5.41, 5.74) is 9.00. The summed E-state index contributed by atoms with van der Waals surface area (Å²) < 4.78 is 2.61. The Morgan fingerprint density at radius 3 is 1.64 bits per heavy atom. The van der Waals surface area contributed by atoms with Crippen molar-refractivity contribution < 1.29 is 0 Å². The molecule has 0 bridgehead atoms. The fourth-order valence-electron chi connectivity index (χ4n) is 5.98. The molecule has 0 fully saturated rings. The van der Waals surface area contributed by atoms with Gasteiger partial charge in [0.2, 0.25) is 0 Å². The average Bonchev–Trinajstić information content (AvgIpc) is 3.51. The molecule has 0 spiro atoms. The van der Waals surface area contributed by atoms with Crippen molar-refractivity contribution in [1.29, 1.82) is 5.26 Å². The van der Waals surface area contributed by atoms with E-state index in [9.17, 15) is 5.26 Å². The summed E-state index contributed by atoms with van der Waals surface area (Å²) in [7, 11) is 0. The summed E-state index contributed by atoms with van der Waals surface area (Å²) in [6.07, 6.45) is 0. The Hall–Kier alpha value is -5.89. The van der Waals surface area contributed by atoms with Gasteiger partial charge in [-0.25, -0.2) is 9.97 Å². The van der Waals surface area contributed by atoms with Gasteiger partial charge in [-0.2, -0.15) is 5.26 Å². The van der Waals surface area contributed by atoms with E-state index in [2.05, 4.69) is 91.0 Å². The van der Waals surface area contributed by atoms with Crippen LogP contribution in [0.15, 0.2) is 152 Å². The van der Waals surface area contributed by atoms with Gasteiger partial charge in [-0.1, -0.05) is 133 Å². The molecule has 0 N–H and O–H groups in total. The lowest BCUT2D eigenvalue weighted by Crippen LogP contribution is -2.01. The largest absolute Gasteiger partial charge is 0.227 e. The van der Waals surface area contributed by atoms with Crippen LogP contribution in [-0.2, 0) is 0 Å². The molecular formula is C41H25N3S. The van der Waals surface area contributed by atoms with Crippen molar-refractivity contribution >= 4 is 31.5 Å². The monoisotopic (exact) mass is 591 g/mol. The van der Waals surface area contributed by atoms with Gasteiger partial charge < -0.3 is 0 Å². The normalized spacial score (nSPS) is 11.1. The number of thiophene rings is 1. The Bertz CT molecular complexity index is 2320. The van der Waals surface area contributed by atoms with Crippen molar-refractivity contribution in [3.05, 3.63) is 157 Å². The number of hydrogen-bond acceptors (Lipinski definition) is 4. The molecule has 45 heavy (non-hydrogen) atoms. The molecule has 0 amide bonds. The third kappa shape index (κ3) is 4.86. The molecule has 0 aliphatic carbocycles. The van der Waals surface area contributed by atoms with Crippen LogP contribution in [0.4, 0.5) is 0 Å². The predicted molar refractivity (Wildman–Crippen MR) is 187 cm³/mol. The van der Waals surface area contributed by atoms with Crippen LogP contribution in [0.3, 0.4) is 0 Å². The van der Waals surface area contributed by atoms with E-state index in [4.69, 9.17) is 9.97 Å². The maximum absolute atomic E-state index is 10.3. The maximum atomic E-state index is 10.3. The molecule has 2 heterocycles. The van der Waals surface area contributed by atoms with Gasteiger partial charge >= 0.3 is 0 Å². The van der Waals surface area contributed by atoms with E-state index in [1.807, 2.05) is 78.1 Å². The summed E-state index contributed by atoms with van der Waals surface area (Å²) in [5, 5.41) is 12.9. The van der Waals surface area contributed by atoms with Crippen LogP contribution in [0.25, 0.3) is 76.3 Å². The number of nitrogens with zero attached hydrogens (tertiary/aromatic N) is 3. The molecular weight excluding hydrogens is 567 g/mol. The molecule has 4 heteroatoms. The highest BCUT2D eigenvalue weighted by Gasteiger charge is 2.19. The van der Waals surface area contributed by atoms with Gasteiger partial charge in [-0.15, -0.1) is 11.3 Å². The lowest BCUT2D eigenvalue weighted by Gasteiger charge is -2.13. The van der Waals surface area contributed by atoms with Crippen molar-refractivity contribution in [1.82, 2.24) is 9.97 Å². The van der Waals surface area contributed by atoms with Crippen LogP contribution in [0.1, 0.15) is 5.56 Å². The van der Waals surface area contributed by atoms with Crippen molar-refractivity contribution in [2.75, 3.05) is 0 Å². The zero-order valence-electron chi connectivity index (χ0n) is 24.2. The first-order chi connectivity index (χ1) is 22.3. The number of nitriles is 1. The van der Waals surface area contributed by atoms with Crippen LogP contribution >= 0.6 is 11.3 Å². The summed E-state index contributed by atoms with van der Waals surface area (Å²) in [4.78, 5) is 9.99. The van der Waals surface area contributed by atoms with Crippen molar-refractivity contribution in [3.63, 3.8) is 0 Å². The molecule has 0 aliphatic heterocycles. The molecule has 2 aromatic heterocycles. The summed E-state index contributed by atoms with van der Waals surface area (Å²) in [5.74, 6) is 0.583. The molecule has 210 valence electrons. The molecule has 0 aliphatic rings. The number of rotatable bonds is 5. The van der Waals surface area contributed by atoms with Gasteiger partial charge in [0.15, 0.2) is 5.82 Å². The first-order valence-electron chi connectivity index (χ1n) is 14.8. The minimum absolute atomic E-state index is 0.468. The van der Waals surface area contributed by atoms with Crippen molar-refractivity contribution in [2.45, 2.75) is 0 Å². The third-order valence-corrected chi connectivity index (χ3v) is 9.37. The molecule has 3 nitrogen and oxygen atoms in total. The molecule has 8 aromatic rings. The quantitative estimate of drug-likeness (QED) is 0.200. The minimum Gasteiger partial charge on any atom is -0.227 e. The molecule has 0 radical (unpaired) electrons. The van der Waals surface area contributed by atoms with Gasteiger partial charge in [-0.3, -0.25) is 0 Å². The smallest absolute Gasteiger partial charge is 0.160 e. The van der Waals surface area contributed by atoms with Crippen LogP contribution < -0.4 is 0 Å². The predicted octanol–water partition coefficient (Wildman–Crippen LogP) is 11.1. The van der Waals surface area contributed by atoms with Crippen LogP contribution in [-0.4, -0.2) is 9.97 Å². The fraction of sp³-hybridized carbons (Fsp3) is 0. The van der Waals surface area contributed by atoms with Gasteiger partial charge in [0.25, 0.3) is 0 Å². The maximum Gasteiger partial charge on any atom is 0.160 e. The lowest BCUT2D eigenvalue weighted by molar-refractivity contribution is 1.17. The summed E-state index contributed by atoms with van der Waals surface area (Å²) >= 11 is 1.85. The second-order valence-corrected chi connectivity index (χ2v) is 12.0. The third-order valence-electron chi connectivity index (χ3n) is 8.15. The van der Waals surface area contributed by atoms with E-state index in [1.165, 1.54) is 31.3 Å². The topological polar surface area (TPSA) is 49.6 Å². The zero-order chi connectivity index (χ0) is 30.2. The highest BCUT2D eigenvalue weighted by Crippen LogP contribution is 2.41. The Morgan fingerprint density at radius 1 is 0.467 bits per heavy atom. The average molecular weight is 592 g/mol. The van der Waals surface area contributed by atoms with Crippen molar-refractivity contribution in [3.8, 4) is 62.2 Å². The molecule has 0 atom stereocenters.